The number of nitrogens with zero attached hydrogens (tertiary/aromatic N) is 12. The van der Waals surface area contributed by atoms with E-state index >= 15 is 0 Å². The number of hydrogen-bond acceptors (Lipinski definition) is 6. The maximum atomic E-state index is 5.18. The van der Waals surface area contributed by atoms with Gasteiger partial charge in [-0.25, -0.2) is 29.9 Å². The lowest BCUT2D eigenvalue weighted by molar-refractivity contribution is 1.16. The van der Waals surface area contributed by atoms with Gasteiger partial charge in [-0.05, 0) is 182 Å². The summed E-state index contributed by atoms with van der Waals surface area (Å²) in [6.45, 7) is 0. The average molecular weight is 1840 g/mol. The van der Waals surface area contributed by atoms with E-state index in [0.717, 1.165) is 140 Å². The van der Waals surface area contributed by atoms with E-state index < -0.39 is 0 Å². The molecule has 30 aromatic rings. The lowest BCUT2D eigenvalue weighted by Gasteiger charge is -2.13. The molecule has 0 bridgehead atoms. The molecular weight excluding hydrogens is 1750 g/mol. The second-order valence-corrected chi connectivity index (χ2v) is 36.8. The molecule has 144 heavy (non-hydrogen) atoms. The van der Waals surface area contributed by atoms with Crippen LogP contribution in [0.15, 0.2) is 510 Å². The number of hydrogen-bond donors (Lipinski definition) is 0. The maximum Gasteiger partial charge on any atom is 0.160 e. The topological polar surface area (TPSA) is 107 Å². The Morgan fingerprint density at radius 1 is 0.111 bits per heavy atom. The Morgan fingerprint density at radius 2 is 0.333 bits per heavy atom. The van der Waals surface area contributed by atoms with Crippen molar-refractivity contribution < 1.29 is 0 Å². The van der Waals surface area contributed by atoms with Gasteiger partial charge in [0.25, 0.3) is 0 Å². The minimum atomic E-state index is 0.710. The monoisotopic (exact) mass is 1840 g/mol. The van der Waals surface area contributed by atoms with Gasteiger partial charge in [0.15, 0.2) is 11.6 Å². The lowest BCUT2D eigenvalue weighted by atomic mass is 10.0. The smallest absolute Gasteiger partial charge is 0.160 e. The predicted molar refractivity (Wildman–Crippen MR) is 597 cm³/mol. The molecule has 9 aromatic heterocycles. The zero-order chi connectivity index (χ0) is 94.8. The van der Waals surface area contributed by atoms with E-state index in [-0.39, 0.29) is 0 Å². The van der Waals surface area contributed by atoms with Crippen LogP contribution in [0, 0.1) is 0 Å². The summed E-state index contributed by atoms with van der Waals surface area (Å²) in [6, 6.07) is 180. The summed E-state index contributed by atoms with van der Waals surface area (Å²) in [5.74, 6) is 1.43. The summed E-state index contributed by atoms with van der Waals surface area (Å²) < 4.78 is 14.3. The molecule has 0 radical (unpaired) electrons. The van der Waals surface area contributed by atoms with Crippen LogP contribution < -0.4 is 0 Å². The van der Waals surface area contributed by atoms with Crippen molar-refractivity contribution in [3.8, 4) is 102 Å². The number of rotatable bonds is 12. The van der Waals surface area contributed by atoms with Crippen molar-refractivity contribution in [1.29, 1.82) is 0 Å². The van der Waals surface area contributed by atoms with E-state index in [0.29, 0.717) is 5.82 Å². The molecule has 30 rings (SSSR count). The Hall–Kier alpha value is -19.6. The molecule has 0 amide bonds. The molecule has 672 valence electrons. The Bertz CT molecular complexity index is 10300. The van der Waals surface area contributed by atoms with Crippen LogP contribution in [-0.2, 0) is 0 Å². The van der Waals surface area contributed by atoms with E-state index in [1.54, 1.807) is 0 Å². The standard InChI is InChI=1S/3C44H28N4/c1-3-13-29(14-4-1)43-44(46-38-20-10-9-19-37(38)45-43)30-23-25-32(26-24-30)48-40-22-12-8-18-34(40)36-27-35-33-17-7-11-21-39(33)47(41(35)28-42(36)48)31-15-5-2-6-16-31;1-3-14-29(15-4-1)43-35-22-7-10-23-38(35)45-44(46-43)30-16-13-19-32(26-30)48-40-25-12-9-21-34(40)37-27-36-33-20-8-11-24-39(33)47(41(36)28-42(37)48)31-17-5-2-6-18-31;1-3-13-29(14-4-1)43-35-19-7-10-20-38(35)45-44(46-43)30-23-25-32(26-24-30)48-40-22-12-9-18-34(40)37-27-36-33-17-8-11-21-39(33)47(41(36)28-42(37)48)31-15-5-2-6-16-31/h3*1-28H. The van der Waals surface area contributed by atoms with Crippen molar-refractivity contribution >= 4 is 164 Å². The first-order valence-electron chi connectivity index (χ1n) is 48.8. The minimum Gasteiger partial charge on any atom is -0.309 e. The van der Waals surface area contributed by atoms with Crippen molar-refractivity contribution in [2.75, 3.05) is 0 Å². The van der Waals surface area contributed by atoms with Crippen LogP contribution in [0.2, 0.25) is 0 Å². The third kappa shape index (κ3) is 13.8. The molecule has 0 saturated heterocycles. The highest BCUT2D eigenvalue weighted by molar-refractivity contribution is 6.23. The van der Waals surface area contributed by atoms with E-state index in [1.807, 2.05) is 60.7 Å². The fraction of sp³-hybridized carbons (Fsp3) is 0. The Kier molecular flexibility index (Phi) is 19.7. The Labute approximate surface area is 826 Å². The molecule has 0 aliphatic heterocycles. The highest BCUT2D eigenvalue weighted by Crippen LogP contribution is 2.47. The van der Waals surface area contributed by atoms with Crippen LogP contribution in [0.1, 0.15) is 0 Å². The fourth-order valence-corrected chi connectivity index (χ4v) is 22.0. The number of aromatic nitrogens is 12. The number of benzene rings is 21. The van der Waals surface area contributed by atoms with Gasteiger partial charge in [-0.1, -0.05) is 328 Å². The van der Waals surface area contributed by atoms with Gasteiger partial charge in [-0.15, -0.1) is 0 Å². The van der Waals surface area contributed by atoms with E-state index in [1.165, 1.54) is 120 Å². The van der Waals surface area contributed by atoms with Gasteiger partial charge in [-0.2, -0.15) is 0 Å². The molecule has 0 spiro atoms. The van der Waals surface area contributed by atoms with E-state index in [9.17, 15) is 0 Å². The van der Waals surface area contributed by atoms with Crippen LogP contribution >= 0.6 is 0 Å². The largest absolute Gasteiger partial charge is 0.309 e. The van der Waals surface area contributed by atoms with Crippen LogP contribution in [0.5, 0.6) is 0 Å². The third-order valence-corrected chi connectivity index (χ3v) is 28.5. The van der Waals surface area contributed by atoms with Crippen molar-refractivity contribution in [3.05, 3.63) is 510 Å². The first-order chi connectivity index (χ1) is 71.4. The average Bonchev–Trinajstić information content (AvgIpc) is 1.56. The quantitative estimate of drug-likeness (QED) is 0.121. The molecule has 0 atom stereocenters. The first kappa shape index (κ1) is 82.7. The van der Waals surface area contributed by atoms with E-state index in [2.05, 4.69) is 476 Å². The molecule has 12 nitrogen and oxygen atoms in total. The van der Waals surface area contributed by atoms with Crippen LogP contribution in [0.25, 0.3) is 266 Å². The fourth-order valence-electron chi connectivity index (χ4n) is 22.0. The predicted octanol–water partition coefficient (Wildman–Crippen LogP) is 33.5. The number of fused-ring (bicyclic) bond motifs is 21. The second-order valence-electron chi connectivity index (χ2n) is 36.8. The van der Waals surface area contributed by atoms with Gasteiger partial charge in [0, 0.05) is 143 Å². The molecule has 0 saturated carbocycles. The normalized spacial score (nSPS) is 11.8. The second kappa shape index (κ2) is 34.3. The first-order valence-corrected chi connectivity index (χ1v) is 48.8. The van der Waals surface area contributed by atoms with Gasteiger partial charge in [-0.3, -0.25) is 0 Å². The molecule has 0 fully saturated rings. The van der Waals surface area contributed by atoms with Gasteiger partial charge >= 0.3 is 0 Å². The summed E-state index contributed by atoms with van der Waals surface area (Å²) in [4.78, 5) is 30.6. The third-order valence-electron chi connectivity index (χ3n) is 28.5. The van der Waals surface area contributed by atoms with Crippen molar-refractivity contribution in [1.82, 2.24) is 57.3 Å². The summed E-state index contributed by atoms with van der Waals surface area (Å²) in [5, 5.41) is 17.0. The zero-order valence-electron chi connectivity index (χ0n) is 77.9. The molecular formula is C132H84N12. The molecule has 0 aliphatic carbocycles. The molecule has 0 aliphatic rings. The summed E-state index contributed by atoms with van der Waals surface area (Å²) in [6.07, 6.45) is 0. The van der Waals surface area contributed by atoms with Crippen LogP contribution in [0.4, 0.5) is 0 Å². The van der Waals surface area contributed by atoms with Crippen LogP contribution in [-0.4, -0.2) is 57.3 Å². The van der Waals surface area contributed by atoms with Crippen molar-refractivity contribution in [3.63, 3.8) is 0 Å². The molecule has 0 unspecified atom stereocenters. The molecule has 9 heterocycles. The summed E-state index contributed by atoms with van der Waals surface area (Å²) in [7, 11) is 0. The summed E-state index contributed by atoms with van der Waals surface area (Å²) >= 11 is 0. The minimum absolute atomic E-state index is 0.710. The molecule has 21 aromatic carbocycles. The van der Waals surface area contributed by atoms with Gasteiger partial charge in [0.05, 0.1) is 111 Å². The Balaban J connectivity index is 0.000000105. The highest BCUT2D eigenvalue weighted by atomic mass is 15.0. The highest BCUT2D eigenvalue weighted by Gasteiger charge is 2.26. The maximum absolute atomic E-state index is 5.18. The van der Waals surface area contributed by atoms with Gasteiger partial charge in [0.1, 0.15) is 0 Å². The molecule has 12 heteroatoms. The zero-order valence-corrected chi connectivity index (χ0v) is 77.9. The van der Waals surface area contributed by atoms with E-state index in [4.69, 9.17) is 29.9 Å². The molecule has 0 N–H and O–H groups in total. The lowest BCUT2D eigenvalue weighted by Crippen LogP contribution is -1.98. The van der Waals surface area contributed by atoms with Gasteiger partial charge in [0.2, 0.25) is 0 Å². The SMILES string of the molecule is c1ccc(-c2nc(-c3ccc(-n4c5ccccc5c5cc6c7ccccc7n(-c7ccccc7)c6cc54)cc3)nc3ccccc23)cc1.c1ccc(-c2nc(-c3cccc(-n4c5ccccc5c5cc6c7ccccc7n(-c7ccccc7)c6cc54)c3)nc3ccccc23)cc1.c1ccc(-c2nc3ccccc3nc2-c2ccc(-n3c4ccccc4c4cc5c6ccccc6n(-c6ccccc6)c5cc43)cc2)cc1. The number of para-hydroxylation sites is 13. The van der Waals surface area contributed by atoms with Crippen molar-refractivity contribution in [2.45, 2.75) is 0 Å². The Morgan fingerprint density at radius 3 is 0.653 bits per heavy atom. The van der Waals surface area contributed by atoms with Crippen LogP contribution in [0.3, 0.4) is 0 Å². The van der Waals surface area contributed by atoms with Gasteiger partial charge < -0.3 is 27.4 Å². The summed E-state index contributed by atoms with van der Waals surface area (Å²) in [5.41, 5.74) is 34.4. The van der Waals surface area contributed by atoms with Crippen molar-refractivity contribution in [2.24, 2.45) is 0 Å².